The van der Waals surface area contributed by atoms with Crippen LogP contribution in [-0.2, 0) is 0 Å². The molecule has 0 aliphatic carbocycles. The maximum absolute atomic E-state index is 5.34. The predicted molar refractivity (Wildman–Crippen MR) is 71.4 cm³/mol. The van der Waals surface area contributed by atoms with E-state index in [-0.39, 0.29) is 0 Å². The van der Waals surface area contributed by atoms with Crippen LogP contribution >= 0.6 is 11.3 Å². The highest BCUT2D eigenvalue weighted by Crippen LogP contribution is 2.31. The summed E-state index contributed by atoms with van der Waals surface area (Å²) in [5.41, 5.74) is 6.78. The second kappa shape index (κ2) is 4.73. The van der Waals surface area contributed by atoms with Gasteiger partial charge >= 0.3 is 0 Å². The van der Waals surface area contributed by atoms with Crippen LogP contribution in [0.5, 0.6) is 5.75 Å². The fraction of sp³-hybridized carbons (Fsp3) is 0.250. The van der Waals surface area contributed by atoms with Gasteiger partial charge in [-0.05, 0) is 37.1 Å². The van der Waals surface area contributed by atoms with E-state index in [1.165, 1.54) is 11.3 Å². The zero-order chi connectivity index (χ0) is 12.4. The molecular formula is C12H15N3OS. The summed E-state index contributed by atoms with van der Waals surface area (Å²) < 4.78 is 5.34. The average molecular weight is 249 g/mol. The third-order valence-electron chi connectivity index (χ3n) is 2.59. The van der Waals surface area contributed by atoms with Crippen molar-refractivity contribution >= 4 is 16.5 Å². The minimum Gasteiger partial charge on any atom is -0.496 e. The molecule has 0 spiro atoms. The van der Waals surface area contributed by atoms with Gasteiger partial charge in [0.1, 0.15) is 5.75 Å². The third kappa shape index (κ3) is 2.25. The minimum atomic E-state index is 0.714. The van der Waals surface area contributed by atoms with Crippen LogP contribution in [0, 0.1) is 13.8 Å². The Balaban J connectivity index is 2.46. The lowest BCUT2D eigenvalue weighted by Gasteiger charge is -2.10. The monoisotopic (exact) mass is 249 g/mol. The van der Waals surface area contributed by atoms with Crippen molar-refractivity contribution in [1.29, 1.82) is 0 Å². The molecule has 1 aromatic heterocycles. The lowest BCUT2D eigenvalue weighted by Crippen LogP contribution is -2.05. The van der Waals surface area contributed by atoms with Gasteiger partial charge in [-0.1, -0.05) is 0 Å². The summed E-state index contributed by atoms with van der Waals surface area (Å²) in [7, 11) is 1.69. The zero-order valence-corrected chi connectivity index (χ0v) is 10.9. The lowest BCUT2D eigenvalue weighted by molar-refractivity contribution is 0.408. The number of rotatable bonds is 3. The number of nitrogens with one attached hydrogen (secondary N) is 1. The third-order valence-corrected chi connectivity index (χ3v) is 3.36. The largest absolute Gasteiger partial charge is 0.496 e. The molecule has 0 aliphatic rings. The molecule has 0 saturated heterocycles. The second-order valence-electron chi connectivity index (χ2n) is 3.83. The second-order valence-corrected chi connectivity index (χ2v) is 4.68. The number of nitrogen functional groups attached to an aromatic ring is 1. The molecule has 0 radical (unpaired) electrons. The summed E-state index contributed by atoms with van der Waals surface area (Å²) in [5, 5.41) is 2.70. The van der Waals surface area contributed by atoms with Crippen LogP contribution < -0.4 is 16.0 Å². The molecule has 17 heavy (non-hydrogen) atoms. The SMILES string of the molecule is COc1c(C)cc(-c2csc(NN)n2)cc1C. The van der Waals surface area contributed by atoms with Crippen molar-refractivity contribution in [3.05, 3.63) is 28.6 Å². The van der Waals surface area contributed by atoms with Crippen molar-refractivity contribution < 1.29 is 4.74 Å². The minimum absolute atomic E-state index is 0.714. The fourth-order valence-electron chi connectivity index (χ4n) is 1.89. The molecular weight excluding hydrogens is 234 g/mol. The first-order valence-electron chi connectivity index (χ1n) is 5.23. The summed E-state index contributed by atoms with van der Waals surface area (Å²) in [6.45, 7) is 4.06. The molecule has 0 atom stereocenters. The first kappa shape index (κ1) is 11.9. The number of hydrazine groups is 1. The van der Waals surface area contributed by atoms with E-state index in [1.807, 2.05) is 19.2 Å². The van der Waals surface area contributed by atoms with Crippen molar-refractivity contribution in [1.82, 2.24) is 4.98 Å². The standard InChI is InChI=1S/C12H15N3OS/c1-7-4-9(5-8(2)11(7)16-3)10-6-17-12(14-10)15-13/h4-6H,13H2,1-3H3,(H,14,15). The van der Waals surface area contributed by atoms with E-state index in [2.05, 4.69) is 22.5 Å². The van der Waals surface area contributed by atoms with E-state index in [9.17, 15) is 0 Å². The number of nitrogens with zero attached hydrogens (tertiary/aromatic N) is 1. The maximum atomic E-state index is 5.34. The van der Waals surface area contributed by atoms with Gasteiger partial charge in [0.15, 0.2) is 5.13 Å². The maximum Gasteiger partial charge on any atom is 0.197 e. The van der Waals surface area contributed by atoms with Crippen LogP contribution in [0.4, 0.5) is 5.13 Å². The molecule has 2 aromatic rings. The summed E-state index contributed by atoms with van der Waals surface area (Å²) in [4.78, 5) is 4.38. The van der Waals surface area contributed by atoms with Crippen LogP contribution in [0.15, 0.2) is 17.5 Å². The topological polar surface area (TPSA) is 60.2 Å². The van der Waals surface area contributed by atoms with Gasteiger partial charge in [-0.15, -0.1) is 11.3 Å². The molecule has 0 saturated carbocycles. The van der Waals surface area contributed by atoms with E-state index in [0.717, 1.165) is 28.1 Å². The summed E-state index contributed by atoms with van der Waals surface area (Å²) >= 11 is 1.49. The van der Waals surface area contributed by atoms with Crippen LogP contribution in [0.3, 0.4) is 0 Å². The number of ether oxygens (including phenoxy) is 1. The average Bonchev–Trinajstić information content (AvgIpc) is 2.77. The van der Waals surface area contributed by atoms with Gasteiger partial charge < -0.3 is 4.74 Å². The zero-order valence-electron chi connectivity index (χ0n) is 10.1. The number of nitrogens with two attached hydrogens (primary N) is 1. The first-order chi connectivity index (χ1) is 8.15. The Kier molecular flexibility index (Phi) is 3.31. The van der Waals surface area contributed by atoms with E-state index < -0.39 is 0 Å². The molecule has 0 aliphatic heterocycles. The normalized spacial score (nSPS) is 10.4. The van der Waals surface area contributed by atoms with Gasteiger partial charge in [0, 0.05) is 10.9 Å². The number of methoxy groups -OCH3 is 1. The Labute approximate surface area is 104 Å². The molecule has 4 nitrogen and oxygen atoms in total. The molecule has 0 unspecified atom stereocenters. The van der Waals surface area contributed by atoms with Crippen molar-refractivity contribution in [2.45, 2.75) is 13.8 Å². The van der Waals surface area contributed by atoms with Crippen LogP contribution in [0.25, 0.3) is 11.3 Å². The number of hydrogen-bond acceptors (Lipinski definition) is 5. The molecule has 3 N–H and O–H groups in total. The van der Waals surface area contributed by atoms with Gasteiger partial charge in [-0.3, -0.25) is 5.43 Å². The van der Waals surface area contributed by atoms with Crippen LogP contribution in [-0.4, -0.2) is 12.1 Å². The highest BCUT2D eigenvalue weighted by atomic mass is 32.1. The smallest absolute Gasteiger partial charge is 0.197 e. The fourth-order valence-corrected chi connectivity index (χ4v) is 2.52. The number of anilines is 1. The number of benzene rings is 1. The molecule has 1 heterocycles. The summed E-state index contributed by atoms with van der Waals surface area (Å²) in [6.07, 6.45) is 0. The van der Waals surface area contributed by atoms with Crippen LogP contribution in [0.2, 0.25) is 0 Å². The molecule has 0 bridgehead atoms. The lowest BCUT2D eigenvalue weighted by atomic mass is 10.0. The van der Waals surface area contributed by atoms with E-state index >= 15 is 0 Å². The van der Waals surface area contributed by atoms with Gasteiger partial charge in [-0.25, -0.2) is 10.8 Å². The predicted octanol–water partition coefficient (Wildman–Crippen LogP) is 2.72. The summed E-state index contributed by atoms with van der Waals surface area (Å²) in [6, 6.07) is 4.14. The molecule has 0 fully saturated rings. The number of thiazole rings is 1. The van der Waals surface area contributed by atoms with E-state index in [0.29, 0.717) is 5.13 Å². The van der Waals surface area contributed by atoms with Crippen LogP contribution in [0.1, 0.15) is 11.1 Å². The molecule has 1 aromatic carbocycles. The highest BCUT2D eigenvalue weighted by Gasteiger charge is 2.09. The highest BCUT2D eigenvalue weighted by molar-refractivity contribution is 7.14. The molecule has 5 heteroatoms. The Hall–Kier alpha value is -1.59. The Morgan fingerprint density at radius 3 is 2.41 bits per heavy atom. The molecule has 90 valence electrons. The number of hydrogen-bond donors (Lipinski definition) is 2. The van der Waals surface area contributed by atoms with Crippen molar-refractivity contribution in [3.8, 4) is 17.0 Å². The van der Waals surface area contributed by atoms with E-state index in [4.69, 9.17) is 10.6 Å². The number of aryl methyl sites for hydroxylation is 2. The Morgan fingerprint density at radius 1 is 1.29 bits per heavy atom. The van der Waals surface area contributed by atoms with Gasteiger partial charge in [0.2, 0.25) is 0 Å². The van der Waals surface area contributed by atoms with Crippen molar-refractivity contribution in [2.24, 2.45) is 5.84 Å². The first-order valence-corrected chi connectivity index (χ1v) is 6.11. The van der Waals surface area contributed by atoms with E-state index in [1.54, 1.807) is 7.11 Å². The number of aromatic nitrogens is 1. The Bertz CT molecular complexity index is 513. The van der Waals surface area contributed by atoms with Crippen molar-refractivity contribution in [2.75, 3.05) is 12.5 Å². The quantitative estimate of drug-likeness (QED) is 0.648. The molecule has 2 rings (SSSR count). The summed E-state index contributed by atoms with van der Waals surface area (Å²) in [5.74, 6) is 6.26. The van der Waals surface area contributed by atoms with Crippen molar-refractivity contribution in [3.63, 3.8) is 0 Å². The van der Waals surface area contributed by atoms with Gasteiger partial charge in [0.05, 0.1) is 12.8 Å². The van der Waals surface area contributed by atoms with Gasteiger partial charge in [-0.2, -0.15) is 0 Å². The molecule has 0 amide bonds. The van der Waals surface area contributed by atoms with Gasteiger partial charge in [0.25, 0.3) is 0 Å². The Morgan fingerprint density at radius 2 is 1.94 bits per heavy atom.